The number of halogens is 1. The van der Waals surface area contributed by atoms with Crippen molar-refractivity contribution in [1.82, 2.24) is 10.2 Å². The number of aromatic nitrogens is 2. The Morgan fingerprint density at radius 3 is 2.91 bits per heavy atom. The van der Waals surface area contributed by atoms with Crippen molar-refractivity contribution in [3.63, 3.8) is 0 Å². The number of nitrogens with zero attached hydrogens (tertiary/aromatic N) is 1. The second kappa shape index (κ2) is 5.79. The fourth-order valence-electron chi connectivity index (χ4n) is 2.27. The van der Waals surface area contributed by atoms with Gasteiger partial charge in [0.1, 0.15) is 0 Å². The third-order valence-electron chi connectivity index (χ3n) is 3.49. The van der Waals surface area contributed by atoms with Gasteiger partial charge in [0.25, 0.3) is 5.91 Å². The highest BCUT2D eigenvalue weighted by molar-refractivity contribution is 6.31. The molecular weight excluding hydrogens is 302 g/mol. The molecule has 3 rings (SSSR count). The van der Waals surface area contributed by atoms with Crippen molar-refractivity contribution >= 4 is 34.1 Å². The molecule has 1 amide bonds. The van der Waals surface area contributed by atoms with Gasteiger partial charge in [-0.05, 0) is 30.7 Å². The number of aryl methyl sites for hydroxylation is 1. The van der Waals surface area contributed by atoms with Crippen LogP contribution in [0.3, 0.4) is 0 Å². The molecule has 0 radical (unpaired) electrons. The van der Waals surface area contributed by atoms with Crippen LogP contribution >= 0.6 is 11.6 Å². The van der Waals surface area contributed by atoms with Crippen LogP contribution in [0.5, 0.6) is 0 Å². The molecular formula is C16H14ClN3O2. The minimum atomic E-state index is -1.33. The van der Waals surface area contributed by atoms with E-state index in [9.17, 15) is 9.90 Å². The van der Waals surface area contributed by atoms with Gasteiger partial charge in [-0.1, -0.05) is 29.8 Å². The maximum atomic E-state index is 12.2. The molecule has 0 saturated carbocycles. The Kier molecular flexibility index (Phi) is 3.83. The first kappa shape index (κ1) is 14.6. The van der Waals surface area contributed by atoms with Crippen LogP contribution in [0, 0.1) is 6.92 Å². The molecule has 1 unspecified atom stereocenters. The molecule has 22 heavy (non-hydrogen) atoms. The van der Waals surface area contributed by atoms with E-state index in [0.717, 1.165) is 16.5 Å². The van der Waals surface area contributed by atoms with Crippen LogP contribution in [0.25, 0.3) is 10.9 Å². The van der Waals surface area contributed by atoms with Crippen molar-refractivity contribution in [2.24, 2.45) is 0 Å². The molecule has 112 valence electrons. The molecule has 3 aromatic rings. The number of fused-ring (bicyclic) bond motifs is 1. The number of carbonyl (C=O) groups excluding carboxylic acids is 1. The predicted octanol–water partition coefficient (Wildman–Crippen LogP) is 3.20. The van der Waals surface area contributed by atoms with E-state index in [2.05, 4.69) is 15.5 Å². The quantitative estimate of drug-likeness (QED) is 0.694. The van der Waals surface area contributed by atoms with Gasteiger partial charge in [-0.25, -0.2) is 0 Å². The van der Waals surface area contributed by atoms with E-state index in [-0.39, 0.29) is 0 Å². The smallest absolute Gasteiger partial charge is 0.257 e. The van der Waals surface area contributed by atoms with Crippen molar-refractivity contribution in [3.8, 4) is 0 Å². The van der Waals surface area contributed by atoms with Crippen molar-refractivity contribution in [2.45, 2.75) is 13.0 Å². The Morgan fingerprint density at radius 2 is 2.14 bits per heavy atom. The molecule has 1 heterocycles. The predicted molar refractivity (Wildman–Crippen MR) is 85.9 cm³/mol. The fraction of sp³-hybridized carbons (Fsp3) is 0.125. The van der Waals surface area contributed by atoms with Gasteiger partial charge in [0.05, 0.1) is 11.7 Å². The van der Waals surface area contributed by atoms with Crippen LogP contribution in [0.1, 0.15) is 17.2 Å². The number of nitrogens with one attached hydrogen (secondary N) is 2. The van der Waals surface area contributed by atoms with Gasteiger partial charge < -0.3 is 10.4 Å². The number of carbonyl (C=O) groups is 1. The monoisotopic (exact) mass is 315 g/mol. The Hall–Kier alpha value is -2.37. The van der Waals surface area contributed by atoms with Gasteiger partial charge in [-0.2, -0.15) is 5.10 Å². The van der Waals surface area contributed by atoms with Crippen LogP contribution in [-0.4, -0.2) is 21.2 Å². The number of aromatic amines is 1. The van der Waals surface area contributed by atoms with Gasteiger partial charge in [0.2, 0.25) is 0 Å². The highest BCUT2D eigenvalue weighted by Gasteiger charge is 2.20. The number of aliphatic hydroxyl groups excluding tert-OH is 1. The largest absolute Gasteiger partial charge is 0.378 e. The number of benzene rings is 2. The van der Waals surface area contributed by atoms with E-state index in [1.165, 1.54) is 0 Å². The summed E-state index contributed by atoms with van der Waals surface area (Å²) in [6, 6.07) is 10.4. The number of rotatable bonds is 3. The molecule has 0 bridgehead atoms. The minimum Gasteiger partial charge on any atom is -0.378 e. The van der Waals surface area contributed by atoms with Crippen LogP contribution in [0.4, 0.5) is 5.69 Å². The summed E-state index contributed by atoms with van der Waals surface area (Å²) in [6.07, 6.45) is 0.350. The lowest BCUT2D eigenvalue weighted by Crippen LogP contribution is -2.21. The van der Waals surface area contributed by atoms with E-state index in [0.29, 0.717) is 16.3 Å². The zero-order valence-electron chi connectivity index (χ0n) is 11.8. The molecule has 0 saturated heterocycles. The maximum absolute atomic E-state index is 12.2. The highest BCUT2D eigenvalue weighted by Crippen LogP contribution is 2.26. The summed E-state index contributed by atoms with van der Waals surface area (Å²) in [5, 5.41) is 21.0. The number of anilines is 1. The van der Waals surface area contributed by atoms with Gasteiger partial charge in [0.15, 0.2) is 6.10 Å². The average Bonchev–Trinajstić information content (AvgIpc) is 2.94. The van der Waals surface area contributed by atoms with E-state index >= 15 is 0 Å². The van der Waals surface area contributed by atoms with Gasteiger partial charge in [0, 0.05) is 21.7 Å². The summed E-state index contributed by atoms with van der Waals surface area (Å²) < 4.78 is 0. The Balaban J connectivity index is 1.86. The highest BCUT2D eigenvalue weighted by atomic mass is 35.5. The third-order valence-corrected chi connectivity index (χ3v) is 3.84. The van der Waals surface area contributed by atoms with Crippen LogP contribution in [-0.2, 0) is 4.79 Å². The SMILES string of the molecule is Cc1cc2[nH]ncc2cc1NC(=O)C(O)c1ccccc1Cl. The summed E-state index contributed by atoms with van der Waals surface area (Å²) >= 11 is 6.01. The van der Waals surface area contributed by atoms with Gasteiger partial charge >= 0.3 is 0 Å². The van der Waals surface area contributed by atoms with Crippen LogP contribution in [0.2, 0.25) is 5.02 Å². The summed E-state index contributed by atoms with van der Waals surface area (Å²) in [4.78, 5) is 12.2. The Morgan fingerprint density at radius 1 is 1.36 bits per heavy atom. The summed E-state index contributed by atoms with van der Waals surface area (Å²) in [5.74, 6) is -0.529. The van der Waals surface area contributed by atoms with Gasteiger partial charge in [-0.3, -0.25) is 9.89 Å². The maximum Gasteiger partial charge on any atom is 0.257 e. The van der Waals surface area contributed by atoms with E-state index in [4.69, 9.17) is 11.6 Å². The lowest BCUT2D eigenvalue weighted by Gasteiger charge is -2.14. The number of aliphatic hydroxyl groups is 1. The van der Waals surface area contributed by atoms with Gasteiger partial charge in [-0.15, -0.1) is 0 Å². The summed E-state index contributed by atoms with van der Waals surface area (Å²) in [7, 11) is 0. The summed E-state index contributed by atoms with van der Waals surface area (Å²) in [6.45, 7) is 1.87. The number of amides is 1. The molecule has 3 N–H and O–H groups in total. The molecule has 2 aromatic carbocycles. The molecule has 0 aliphatic carbocycles. The zero-order valence-corrected chi connectivity index (χ0v) is 12.6. The molecule has 0 aliphatic rings. The lowest BCUT2D eigenvalue weighted by molar-refractivity contribution is -0.124. The Labute approximate surface area is 131 Å². The fourth-order valence-corrected chi connectivity index (χ4v) is 2.51. The minimum absolute atomic E-state index is 0.354. The number of hydrogen-bond donors (Lipinski definition) is 3. The summed E-state index contributed by atoms with van der Waals surface area (Å²) in [5.41, 5.74) is 2.77. The normalized spacial score (nSPS) is 12.3. The second-order valence-corrected chi connectivity index (χ2v) is 5.44. The zero-order chi connectivity index (χ0) is 15.7. The molecule has 1 aromatic heterocycles. The first-order chi connectivity index (χ1) is 10.6. The number of hydrogen-bond acceptors (Lipinski definition) is 3. The molecule has 0 fully saturated rings. The molecule has 0 aliphatic heterocycles. The molecule has 5 nitrogen and oxygen atoms in total. The van der Waals surface area contributed by atoms with Crippen molar-refractivity contribution in [2.75, 3.05) is 5.32 Å². The average molecular weight is 316 g/mol. The molecule has 0 spiro atoms. The van der Waals surface area contributed by atoms with E-state index in [1.54, 1.807) is 30.5 Å². The Bertz CT molecular complexity index is 844. The van der Waals surface area contributed by atoms with Crippen molar-refractivity contribution < 1.29 is 9.90 Å². The van der Waals surface area contributed by atoms with Crippen molar-refractivity contribution in [1.29, 1.82) is 0 Å². The second-order valence-electron chi connectivity index (χ2n) is 5.04. The van der Waals surface area contributed by atoms with Crippen molar-refractivity contribution in [3.05, 3.63) is 58.7 Å². The molecule has 6 heteroatoms. The number of H-pyrrole nitrogens is 1. The van der Waals surface area contributed by atoms with Crippen LogP contribution < -0.4 is 5.32 Å². The standard InChI is InChI=1S/C16H14ClN3O2/c1-9-6-14-10(8-18-20-14)7-13(9)19-16(22)15(21)11-4-2-3-5-12(11)17/h2-8,15,21H,1H3,(H,18,20)(H,19,22). The van der Waals surface area contributed by atoms with E-state index < -0.39 is 12.0 Å². The third kappa shape index (κ3) is 2.68. The first-order valence-electron chi connectivity index (χ1n) is 6.73. The topological polar surface area (TPSA) is 78.0 Å². The molecule has 1 atom stereocenters. The first-order valence-corrected chi connectivity index (χ1v) is 7.11. The van der Waals surface area contributed by atoms with Crippen LogP contribution in [0.15, 0.2) is 42.6 Å². The van der Waals surface area contributed by atoms with E-state index in [1.807, 2.05) is 19.1 Å². The lowest BCUT2D eigenvalue weighted by atomic mass is 10.1.